The highest BCUT2D eigenvalue weighted by Crippen LogP contribution is 2.11. The van der Waals surface area contributed by atoms with E-state index in [2.05, 4.69) is 20.3 Å². The molecule has 21 heavy (non-hydrogen) atoms. The van der Waals surface area contributed by atoms with Crippen LogP contribution in [0.1, 0.15) is 32.2 Å². The van der Waals surface area contributed by atoms with Gasteiger partial charge in [0.1, 0.15) is 5.76 Å². The fraction of sp³-hybridized carbons (Fsp3) is 0.733. The molecule has 0 saturated carbocycles. The molecule has 1 unspecified atom stereocenters. The van der Waals surface area contributed by atoms with E-state index in [-0.39, 0.29) is 18.0 Å². The number of carbonyl (C=O) groups is 1. The molecule has 1 aromatic rings. The standard InChI is InChI=1S/C15H26N4O2/c1-11(2)16-15(20)13(4)19-7-5-18(6-8-19)10-14-9-12(3)21-17-14/h9,11,13H,5-8,10H2,1-4H3,(H,16,20). The maximum absolute atomic E-state index is 12.0. The predicted molar refractivity (Wildman–Crippen MR) is 80.8 cm³/mol. The first-order valence-corrected chi connectivity index (χ1v) is 7.64. The van der Waals surface area contributed by atoms with Gasteiger partial charge < -0.3 is 9.84 Å². The lowest BCUT2D eigenvalue weighted by Crippen LogP contribution is -2.54. The van der Waals surface area contributed by atoms with Crippen LogP contribution in [0, 0.1) is 6.92 Å². The Morgan fingerprint density at radius 3 is 2.52 bits per heavy atom. The highest BCUT2D eigenvalue weighted by atomic mass is 16.5. The van der Waals surface area contributed by atoms with Gasteiger partial charge in [-0.3, -0.25) is 14.6 Å². The van der Waals surface area contributed by atoms with Gasteiger partial charge in [-0.05, 0) is 27.7 Å². The van der Waals surface area contributed by atoms with Gasteiger partial charge in [0.25, 0.3) is 0 Å². The SMILES string of the molecule is Cc1cc(CN2CCN(C(C)C(=O)NC(C)C)CC2)no1. The van der Waals surface area contributed by atoms with E-state index in [0.29, 0.717) is 0 Å². The molecule has 1 aliphatic heterocycles. The number of aromatic nitrogens is 1. The minimum Gasteiger partial charge on any atom is -0.361 e. The summed E-state index contributed by atoms with van der Waals surface area (Å²) in [6.45, 7) is 12.4. The third kappa shape index (κ3) is 4.54. The Morgan fingerprint density at radius 1 is 1.33 bits per heavy atom. The van der Waals surface area contributed by atoms with Crippen LogP contribution in [0.4, 0.5) is 0 Å². The summed E-state index contributed by atoms with van der Waals surface area (Å²) in [4.78, 5) is 16.6. The number of rotatable bonds is 5. The third-order valence-electron chi connectivity index (χ3n) is 3.83. The second kappa shape index (κ2) is 7.04. The van der Waals surface area contributed by atoms with Crippen LogP contribution in [-0.4, -0.2) is 59.1 Å². The van der Waals surface area contributed by atoms with Crippen molar-refractivity contribution in [2.24, 2.45) is 0 Å². The molecule has 1 saturated heterocycles. The van der Waals surface area contributed by atoms with Crippen molar-refractivity contribution in [2.75, 3.05) is 26.2 Å². The van der Waals surface area contributed by atoms with Gasteiger partial charge in [0.2, 0.25) is 5.91 Å². The number of hydrogen-bond donors (Lipinski definition) is 1. The van der Waals surface area contributed by atoms with Gasteiger partial charge in [0.15, 0.2) is 0 Å². The highest BCUT2D eigenvalue weighted by molar-refractivity contribution is 5.81. The smallest absolute Gasteiger partial charge is 0.237 e. The number of hydrogen-bond acceptors (Lipinski definition) is 5. The van der Waals surface area contributed by atoms with E-state index >= 15 is 0 Å². The normalized spacial score (nSPS) is 18.9. The average molecular weight is 294 g/mol. The van der Waals surface area contributed by atoms with Gasteiger partial charge in [-0.1, -0.05) is 5.16 Å². The van der Waals surface area contributed by atoms with Crippen LogP contribution >= 0.6 is 0 Å². The predicted octanol–water partition coefficient (Wildman–Crippen LogP) is 1.01. The van der Waals surface area contributed by atoms with Crippen molar-refractivity contribution < 1.29 is 9.32 Å². The van der Waals surface area contributed by atoms with Crippen LogP contribution in [-0.2, 0) is 11.3 Å². The topological polar surface area (TPSA) is 61.6 Å². The summed E-state index contributed by atoms with van der Waals surface area (Å²) >= 11 is 0. The molecule has 1 aliphatic rings. The van der Waals surface area contributed by atoms with Gasteiger partial charge in [0, 0.05) is 44.8 Å². The number of piperazine rings is 1. The van der Waals surface area contributed by atoms with Crippen molar-refractivity contribution in [1.82, 2.24) is 20.3 Å². The third-order valence-corrected chi connectivity index (χ3v) is 3.83. The zero-order valence-corrected chi connectivity index (χ0v) is 13.4. The van der Waals surface area contributed by atoms with E-state index in [1.165, 1.54) is 0 Å². The Kier molecular flexibility index (Phi) is 5.36. The molecular weight excluding hydrogens is 268 g/mol. The molecule has 0 radical (unpaired) electrons. The first-order valence-electron chi connectivity index (χ1n) is 7.64. The van der Waals surface area contributed by atoms with E-state index in [9.17, 15) is 4.79 Å². The fourth-order valence-electron chi connectivity index (χ4n) is 2.60. The number of nitrogens with one attached hydrogen (secondary N) is 1. The lowest BCUT2D eigenvalue weighted by molar-refractivity contribution is -0.127. The first-order chi connectivity index (χ1) is 9.95. The van der Waals surface area contributed by atoms with E-state index in [0.717, 1.165) is 44.2 Å². The first kappa shape index (κ1) is 16.0. The van der Waals surface area contributed by atoms with Crippen molar-refractivity contribution in [3.05, 3.63) is 17.5 Å². The summed E-state index contributed by atoms with van der Waals surface area (Å²) < 4.78 is 5.09. The number of aryl methyl sites for hydroxylation is 1. The molecule has 0 aromatic carbocycles. The van der Waals surface area contributed by atoms with E-state index < -0.39 is 0 Å². The average Bonchev–Trinajstić information content (AvgIpc) is 2.83. The lowest BCUT2D eigenvalue weighted by atomic mass is 10.2. The zero-order chi connectivity index (χ0) is 15.4. The summed E-state index contributed by atoms with van der Waals surface area (Å²) in [5, 5.41) is 7.01. The van der Waals surface area contributed by atoms with Gasteiger partial charge in [-0.2, -0.15) is 0 Å². The molecule has 0 bridgehead atoms. The van der Waals surface area contributed by atoms with Crippen LogP contribution in [0.25, 0.3) is 0 Å². The Hall–Kier alpha value is -1.40. The Bertz CT molecular complexity index is 464. The molecule has 118 valence electrons. The second-order valence-corrected chi connectivity index (χ2v) is 6.08. The van der Waals surface area contributed by atoms with Crippen molar-refractivity contribution in [2.45, 2.75) is 46.3 Å². The fourth-order valence-corrected chi connectivity index (χ4v) is 2.60. The maximum atomic E-state index is 12.0. The minimum absolute atomic E-state index is 0.0659. The van der Waals surface area contributed by atoms with Crippen LogP contribution in [0.2, 0.25) is 0 Å². The molecule has 2 heterocycles. The van der Waals surface area contributed by atoms with Crippen LogP contribution in [0.5, 0.6) is 0 Å². The molecular formula is C15H26N4O2. The van der Waals surface area contributed by atoms with E-state index in [1.807, 2.05) is 33.8 Å². The molecule has 1 amide bonds. The summed E-state index contributed by atoms with van der Waals surface area (Å²) in [5.74, 6) is 0.966. The number of carbonyl (C=O) groups excluding carboxylic acids is 1. The molecule has 2 rings (SSSR count). The molecule has 6 nitrogen and oxygen atoms in total. The number of amides is 1. The largest absolute Gasteiger partial charge is 0.361 e. The Labute approximate surface area is 126 Å². The van der Waals surface area contributed by atoms with Gasteiger partial charge in [-0.25, -0.2) is 0 Å². The maximum Gasteiger partial charge on any atom is 0.237 e. The molecule has 1 atom stereocenters. The molecule has 1 aromatic heterocycles. The van der Waals surface area contributed by atoms with Gasteiger partial charge in [-0.15, -0.1) is 0 Å². The van der Waals surface area contributed by atoms with E-state index in [4.69, 9.17) is 4.52 Å². The summed E-state index contributed by atoms with van der Waals surface area (Å²) in [5.41, 5.74) is 0.978. The molecule has 0 aliphatic carbocycles. The van der Waals surface area contributed by atoms with Crippen molar-refractivity contribution >= 4 is 5.91 Å². The van der Waals surface area contributed by atoms with Crippen molar-refractivity contribution in [1.29, 1.82) is 0 Å². The molecule has 0 spiro atoms. The monoisotopic (exact) mass is 294 g/mol. The van der Waals surface area contributed by atoms with E-state index in [1.54, 1.807) is 0 Å². The van der Waals surface area contributed by atoms with Crippen molar-refractivity contribution in [3.63, 3.8) is 0 Å². The molecule has 1 fully saturated rings. The highest BCUT2D eigenvalue weighted by Gasteiger charge is 2.26. The lowest BCUT2D eigenvalue weighted by Gasteiger charge is -2.37. The second-order valence-electron chi connectivity index (χ2n) is 6.08. The Balaban J connectivity index is 1.78. The van der Waals surface area contributed by atoms with Crippen LogP contribution < -0.4 is 5.32 Å². The summed E-state index contributed by atoms with van der Waals surface area (Å²) in [6.07, 6.45) is 0. The molecule has 6 heteroatoms. The molecule has 1 N–H and O–H groups in total. The van der Waals surface area contributed by atoms with Crippen LogP contribution in [0.15, 0.2) is 10.6 Å². The van der Waals surface area contributed by atoms with Crippen molar-refractivity contribution in [3.8, 4) is 0 Å². The minimum atomic E-state index is -0.0659. The van der Waals surface area contributed by atoms with Gasteiger partial charge in [0.05, 0.1) is 11.7 Å². The van der Waals surface area contributed by atoms with Gasteiger partial charge >= 0.3 is 0 Å². The summed E-state index contributed by atoms with van der Waals surface area (Å²) in [6, 6.07) is 2.10. The Morgan fingerprint density at radius 2 is 2.00 bits per heavy atom. The van der Waals surface area contributed by atoms with Crippen LogP contribution in [0.3, 0.4) is 0 Å². The quantitative estimate of drug-likeness (QED) is 0.878. The zero-order valence-electron chi connectivity index (χ0n) is 13.4. The summed E-state index contributed by atoms with van der Waals surface area (Å²) in [7, 11) is 0. The number of nitrogens with zero attached hydrogens (tertiary/aromatic N) is 3.